The molecule has 1 heterocycles. The molecule has 1 unspecified atom stereocenters. The highest BCUT2D eigenvalue weighted by Crippen LogP contribution is 2.10. The first-order valence-corrected chi connectivity index (χ1v) is 8.58. The summed E-state index contributed by atoms with van der Waals surface area (Å²) in [7, 11) is 0. The van der Waals surface area contributed by atoms with Crippen molar-refractivity contribution in [2.75, 3.05) is 13.2 Å². The molecule has 2 aromatic rings. The number of ether oxygens (including phenoxy) is 1. The molecule has 0 spiro atoms. The number of rotatable bonds is 8. The van der Waals surface area contributed by atoms with E-state index in [0.29, 0.717) is 30.9 Å². The minimum atomic E-state index is -0.593. The van der Waals surface area contributed by atoms with Gasteiger partial charge in [-0.05, 0) is 44.4 Å². The Morgan fingerprint density at radius 2 is 1.96 bits per heavy atom. The molecule has 0 aliphatic heterocycles. The number of hydrogen-bond acceptors (Lipinski definition) is 4. The SMILES string of the molecule is CCOC(C)CNC(=O)c1c(C)cc(CCc2ccccc2)oc1=O. The second-order valence-electron chi connectivity index (χ2n) is 6.02. The fourth-order valence-electron chi connectivity index (χ4n) is 2.65. The molecule has 0 saturated carbocycles. The Morgan fingerprint density at radius 1 is 1.24 bits per heavy atom. The zero-order valence-corrected chi connectivity index (χ0v) is 15.0. The van der Waals surface area contributed by atoms with Gasteiger partial charge in [0.05, 0.1) is 6.10 Å². The quantitative estimate of drug-likeness (QED) is 0.800. The van der Waals surface area contributed by atoms with Crippen LogP contribution in [0, 0.1) is 6.92 Å². The maximum atomic E-state index is 12.3. The van der Waals surface area contributed by atoms with Crippen LogP contribution in [0.25, 0.3) is 0 Å². The average molecular weight is 343 g/mol. The van der Waals surface area contributed by atoms with E-state index in [1.807, 2.05) is 44.2 Å². The van der Waals surface area contributed by atoms with Gasteiger partial charge >= 0.3 is 5.63 Å². The first kappa shape index (κ1) is 18.9. The molecule has 0 aliphatic rings. The number of amides is 1. The van der Waals surface area contributed by atoms with E-state index in [0.717, 1.165) is 6.42 Å². The van der Waals surface area contributed by atoms with Gasteiger partial charge in [0.25, 0.3) is 5.91 Å². The number of carbonyl (C=O) groups is 1. The zero-order chi connectivity index (χ0) is 18.2. The van der Waals surface area contributed by atoms with Crippen LogP contribution in [0.3, 0.4) is 0 Å². The van der Waals surface area contributed by atoms with Crippen molar-refractivity contribution in [1.82, 2.24) is 5.32 Å². The Balaban J connectivity index is 2.04. The van der Waals surface area contributed by atoms with Crippen LogP contribution >= 0.6 is 0 Å². The lowest BCUT2D eigenvalue weighted by atomic mass is 10.1. The molecule has 25 heavy (non-hydrogen) atoms. The van der Waals surface area contributed by atoms with Crippen molar-refractivity contribution in [3.05, 3.63) is 69.3 Å². The molecule has 5 nitrogen and oxygen atoms in total. The number of nitrogens with one attached hydrogen (secondary N) is 1. The minimum absolute atomic E-state index is 0.0622. The molecule has 1 amide bonds. The van der Waals surface area contributed by atoms with Crippen LogP contribution < -0.4 is 10.9 Å². The summed E-state index contributed by atoms with van der Waals surface area (Å²) in [6.07, 6.45) is 1.29. The van der Waals surface area contributed by atoms with E-state index >= 15 is 0 Å². The highest BCUT2D eigenvalue weighted by Gasteiger charge is 2.17. The highest BCUT2D eigenvalue weighted by atomic mass is 16.5. The summed E-state index contributed by atoms with van der Waals surface area (Å²) in [5.41, 5.74) is 1.27. The Hall–Kier alpha value is -2.40. The second kappa shape index (κ2) is 9.18. The summed E-state index contributed by atoms with van der Waals surface area (Å²) in [4.78, 5) is 24.5. The largest absolute Gasteiger partial charge is 0.427 e. The van der Waals surface area contributed by atoms with Crippen molar-refractivity contribution in [3.8, 4) is 0 Å². The maximum absolute atomic E-state index is 12.3. The molecule has 2 rings (SSSR count). The van der Waals surface area contributed by atoms with Crippen LogP contribution in [0.5, 0.6) is 0 Å². The lowest BCUT2D eigenvalue weighted by Crippen LogP contribution is -2.35. The Kier molecular flexibility index (Phi) is 6.95. The molecule has 0 aliphatic carbocycles. The van der Waals surface area contributed by atoms with Gasteiger partial charge in [-0.1, -0.05) is 30.3 Å². The average Bonchev–Trinajstić information content (AvgIpc) is 2.59. The summed E-state index contributed by atoms with van der Waals surface area (Å²) in [5.74, 6) is 0.165. The molecule has 0 saturated heterocycles. The van der Waals surface area contributed by atoms with Crippen molar-refractivity contribution in [1.29, 1.82) is 0 Å². The van der Waals surface area contributed by atoms with Gasteiger partial charge < -0.3 is 14.5 Å². The Morgan fingerprint density at radius 3 is 2.60 bits per heavy atom. The molecular weight excluding hydrogens is 318 g/mol. The molecule has 0 bridgehead atoms. The fourth-order valence-corrected chi connectivity index (χ4v) is 2.65. The third kappa shape index (κ3) is 5.57. The number of benzene rings is 1. The number of aryl methyl sites for hydroxylation is 3. The van der Waals surface area contributed by atoms with Gasteiger partial charge in [-0.2, -0.15) is 0 Å². The van der Waals surface area contributed by atoms with Crippen molar-refractivity contribution < 1.29 is 13.9 Å². The van der Waals surface area contributed by atoms with E-state index in [1.54, 1.807) is 13.0 Å². The number of hydrogen-bond donors (Lipinski definition) is 1. The second-order valence-corrected chi connectivity index (χ2v) is 6.02. The summed E-state index contributed by atoms with van der Waals surface area (Å²) in [5, 5.41) is 2.72. The van der Waals surface area contributed by atoms with Crippen LogP contribution in [0.2, 0.25) is 0 Å². The molecule has 134 valence electrons. The van der Waals surface area contributed by atoms with E-state index in [2.05, 4.69) is 5.32 Å². The van der Waals surface area contributed by atoms with Gasteiger partial charge in [0.1, 0.15) is 11.3 Å². The monoisotopic (exact) mass is 343 g/mol. The molecule has 0 fully saturated rings. The lowest BCUT2D eigenvalue weighted by molar-refractivity contribution is 0.0693. The summed E-state index contributed by atoms with van der Waals surface area (Å²) in [6.45, 7) is 6.44. The third-order valence-corrected chi connectivity index (χ3v) is 3.93. The van der Waals surface area contributed by atoms with E-state index < -0.39 is 11.5 Å². The van der Waals surface area contributed by atoms with Crippen LogP contribution in [0.1, 0.15) is 41.1 Å². The summed E-state index contributed by atoms with van der Waals surface area (Å²) in [6, 6.07) is 11.8. The summed E-state index contributed by atoms with van der Waals surface area (Å²) >= 11 is 0. The van der Waals surface area contributed by atoms with E-state index in [1.165, 1.54) is 5.56 Å². The van der Waals surface area contributed by atoms with E-state index in [-0.39, 0.29) is 11.7 Å². The van der Waals surface area contributed by atoms with Gasteiger partial charge in [-0.15, -0.1) is 0 Å². The lowest BCUT2D eigenvalue weighted by Gasteiger charge is -2.13. The molecule has 1 aromatic carbocycles. The molecule has 0 radical (unpaired) electrons. The molecule has 1 N–H and O–H groups in total. The van der Waals surface area contributed by atoms with Crippen LogP contribution in [0.4, 0.5) is 0 Å². The standard InChI is InChI=1S/C20H25NO4/c1-4-24-15(3)13-21-19(22)18-14(2)12-17(25-20(18)23)11-10-16-8-6-5-7-9-16/h5-9,12,15H,4,10-11,13H2,1-3H3,(H,21,22). The van der Waals surface area contributed by atoms with Crippen molar-refractivity contribution in [2.45, 2.75) is 39.7 Å². The van der Waals surface area contributed by atoms with Crippen molar-refractivity contribution in [2.24, 2.45) is 0 Å². The summed E-state index contributed by atoms with van der Waals surface area (Å²) < 4.78 is 10.7. The fraction of sp³-hybridized carbons (Fsp3) is 0.400. The minimum Gasteiger partial charge on any atom is -0.427 e. The molecule has 1 atom stereocenters. The van der Waals surface area contributed by atoms with Crippen LogP contribution in [0.15, 0.2) is 45.6 Å². The van der Waals surface area contributed by atoms with Gasteiger partial charge in [0.2, 0.25) is 0 Å². The first-order chi connectivity index (χ1) is 12.0. The van der Waals surface area contributed by atoms with E-state index in [9.17, 15) is 9.59 Å². The highest BCUT2D eigenvalue weighted by molar-refractivity contribution is 5.95. The van der Waals surface area contributed by atoms with Crippen molar-refractivity contribution >= 4 is 5.91 Å². The maximum Gasteiger partial charge on any atom is 0.349 e. The smallest absolute Gasteiger partial charge is 0.349 e. The first-order valence-electron chi connectivity index (χ1n) is 8.58. The normalized spacial score (nSPS) is 12.0. The van der Waals surface area contributed by atoms with E-state index in [4.69, 9.17) is 9.15 Å². The van der Waals surface area contributed by atoms with Gasteiger partial charge in [0.15, 0.2) is 0 Å². The molecule has 5 heteroatoms. The molecule has 1 aromatic heterocycles. The Bertz CT molecular complexity index is 752. The Labute approximate surface area is 148 Å². The van der Waals surface area contributed by atoms with Gasteiger partial charge in [-0.25, -0.2) is 4.79 Å². The van der Waals surface area contributed by atoms with Crippen molar-refractivity contribution in [3.63, 3.8) is 0 Å². The third-order valence-electron chi connectivity index (χ3n) is 3.93. The van der Waals surface area contributed by atoms with Gasteiger partial charge in [0, 0.05) is 19.6 Å². The predicted octanol–water partition coefficient (Wildman–Crippen LogP) is 2.89. The predicted molar refractivity (Wildman–Crippen MR) is 97.0 cm³/mol. The van der Waals surface area contributed by atoms with Crippen LogP contribution in [-0.2, 0) is 17.6 Å². The molecular formula is C20H25NO4. The number of carbonyl (C=O) groups excluding carboxylic acids is 1. The van der Waals surface area contributed by atoms with Gasteiger partial charge in [-0.3, -0.25) is 4.79 Å². The topological polar surface area (TPSA) is 68.5 Å². The van der Waals surface area contributed by atoms with Crippen LogP contribution in [-0.4, -0.2) is 25.2 Å². The zero-order valence-electron chi connectivity index (χ0n) is 15.0.